The van der Waals surface area contributed by atoms with Gasteiger partial charge in [-0.2, -0.15) is 0 Å². The summed E-state index contributed by atoms with van der Waals surface area (Å²) in [5.41, 5.74) is 1.69. The van der Waals surface area contributed by atoms with Crippen LogP contribution in [0.2, 0.25) is 0 Å². The van der Waals surface area contributed by atoms with Crippen molar-refractivity contribution in [3.05, 3.63) is 60.4 Å². The molecule has 2 aromatic carbocycles. The van der Waals surface area contributed by atoms with Gasteiger partial charge in [-0.25, -0.2) is 18.4 Å². The molecule has 0 bridgehead atoms. The molecule has 0 radical (unpaired) electrons. The molecule has 130 valence electrons. The molecule has 0 amide bonds. The standard InChI is InChI=1S/C18H19N3O3S/c1-25(23,24)15-7-8-17-16(10-15)18(21-12-20-17)19-11-14(22)9-13-5-3-2-4-6-13/h2-8,10,12,14,22H,9,11H2,1H3,(H,19,20,21)/t14-/m1/s1. The zero-order chi connectivity index (χ0) is 17.9. The number of benzene rings is 2. The van der Waals surface area contributed by atoms with Gasteiger partial charge in [0.2, 0.25) is 0 Å². The van der Waals surface area contributed by atoms with Crippen LogP contribution in [0.4, 0.5) is 5.82 Å². The number of aromatic nitrogens is 2. The van der Waals surface area contributed by atoms with Crippen molar-refractivity contribution < 1.29 is 13.5 Å². The van der Waals surface area contributed by atoms with Gasteiger partial charge in [0.15, 0.2) is 9.84 Å². The van der Waals surface area contributed by atoms with Gasteiger partial charge in [0.1, 0.15) is 12.1 Å². The maximum Gasteiger partial charge on any atom is 0.175 e. The van der Waals surface area contributed by atoms with Crippen LogP contribution in [0, 0.1) is 0 Å². The third kappa shape index (κ3) is 4.32. The van der Waals surface area contributed by atoms with Gasteiger partial charge < -0.3 is 10.4 Å². The molecule has 25 heavy (non-hydrogen) atoms. The molecule has 1 heterocycles. The summed E-state index contributed by atoms with van der Waals surface area (Å²) < 4.78 is 23.5. The number of rotatable bonds is 6. The van der Waals surface area contributed by atoms with Gasteiger partial charge in [0.05, 0.1) is 16.5 Å². The lowest BCUT2D eigenvalue weighted by Gasteiger charge is -2.14. The highest BCUT2D eigenvalue weighted by molar-refractivity contribution is 7.90. The quantitative estimate of drug-likeness (QED) is 0.701. The highest BCUT2D eigenvalue weighted by atomic mass is 32.2. The molecule has 3 aromatic rings. The second-order valence-corrected chi connectivity index (χ2v) is 7.91. The van der Waals surface area contributed by atoms with Gasteiger partial charge in [-0.3, -0.25) is 0 Å². The Morgan fingerprint density at radius 3 is 2.60 bits per heavy atom. The monoisotopic (exact) mass is 357 g/mol. The minimum absolute atomic E-state index is 0.211. The Labute approximate surface area is 146 Å². The van der Waals surface area contributed by atoms with Crippen molar-refractivity contribution >= 4 is 26.6 Å². The van der Waals surface area contributed by atoms with Gasteiger partial charge in [-0.1, -0.05) is 30.3 Å². The van der Waals surface area contributed by atoms with Crippen LogP contribution in [-0.2, 0) is 16.3 Å². The molecule has 0 aliphatic rings. The van der Waals surface area contributed by atoms with E-state index in [0.29, 0.717) is 29.7 Å². The maximum atomic E-state index is 11.8. The first-order valence-electron chi connectivity index (χ1n) is 7.84. The zero-order valence-electron chi connectivity index (χ0n) is 13.8. The molecule has 0 saturated heterocycles. The fourth-order valence-corrected chi connectivity index (χ4v) is 3.23. The Morgan fingerprint density at radius 2 is 1.88 bits per heavy atom. The van der Waals surface area contributed by atoms with Crippen molar-refractivity contribution in [2.45, 2.75) is 17.4 Å². The smallest absolute Gasteiger partial charge is 0.175 e. The van der Waals surface area contributed by atoms with Gasteiger partial charge in [-0.15, -0.1) is 0 Å². The fraction of sp³-hybridized carbons (Fsp3) is 0.222. The van der Waals surface area contributed by atoms with Crippen LogP contribution in [-0.4, -0.2) is 42.4 Å². The summed E-state index contributed by atoms with van der Waals surface area (Å²) in [5.74, 6) is 0.502. The van der Waals surface area contributed by atoms with E-state index in [1.54, 1.807) is 12.1 Å². The number of hydrogen-bond acceptors (Lipinski definition) is 6. The van der Waals surface area contributed by atoms with Crippen molar-refractivity contribution in [2.75, 3.05) is 18.1 Å². The number of aliphatic hydroxyl groups excluding tert-OH is 1. The molecule has 6 nitrogen and oxygen atoms in total. The maximum absolute atomic E-state index is 11.8. The summed E-state index contributed by atoms with van der Waals surface area (Å²) >= 11 is 0. The van der Waals surface area contributed by atoms with E-state index < -0.39 is 15.9 Å². The van der Waals surface area contributed by atoms with Crippen LogP contribution in [0.1, 0.15) is 5.56 Å². The Kier molecular flexibility index (Phi) is 4.96. The molecule has 2 N–H and O–H groups in total. The summed E-state index contributed by atoms with van der Waals surface area (Å²) in [5, 5.41) is 13.9. The number of sulfone groups is 1. The number of fused-ring (bicyclic) bond motifs is 1. The van der Waals surface area contributed by atoms with E-state index in [-0.39, 0.29) is 4.90 Å². The van der Waals surface area contributed by atoms with Crippen molar-refractivity contribution in [3.8, 4) is 0 Å². The molecule has 3 rings (SSSR count). The lowest BCUT2D eigenvalue weighted by Crippen LogP contribution is -2.22. The Hall–Kier alpha value is -2.51. The van der Waals surface area contributed by atoms with Crippen LogP contribution in [0.15, 0.2) is 59.8 Å². The third-order valence-electron chi connectivity index (χ3n) is 3.85. The Balaban J connectivity index is 1.79. The predicted octanol–water partition coefficient (Wildman–Crippen LogP) is 2.05. The average molecular weight is 357 g/mol. The molecule has 1 aromatic heterocycles. The number of nitrogens with zero attached hydrogens (tertiary/aromatic N) is 2. The summed E-state index contributed by atoms with van der Waals surface area (Å²) in [7, 11) is -3.32. The van der Waals surface area contributed by atoms with Gasteiger partial charge >= 0.3 is 0 Å². The summed E-state index contributed by atoms with van der Waals surface area (Å²) in [6, 6.07) is 14.4. The zero-order valence-corrected chi connectivity index (χ0v) is 14.6. The molecular formula is C18H19N3O3S. The largest absolute Gasteiger partial charge is 0.391 e. The van der Waals surface area contributed by atoms with Gasteiger partial charge in [0.25, 0.3) is 0 Å². The predicted molar refractivity (Wildman–Crippen MR) is 97.3 cm³/mol. The van der Waals surface area contributed by atoms with E-state index in [0.717, 1.165) is 11.8 Å². The molecule has 7 heteroatoms. The van der Waals surface area contributed by atoms with Crippen molar-refractivity contribution in [2.24, 2.45) is 0 Å². The molecule has 0 aliphatic heterocycles. The first-order valence-corrected chi connectivity index (χ1v) is 9.73. The summed E-state index contributed by atoms with van der Waals surface area (Å²) in [4.78, 5) is 8.54. The molecule has 0 saturated carbocycles. The lowest BCUT2D eigenvalue weighted by molar-refractivity contribution is 0.188. The van der Waals surface area contributed by atoms with Crippen LogP contribution in [0.3, 0.4) is 0 Å². The molecule has 0 unspecified atom stereocenters. The lowest BCUT2D eigenvalue weighted by atomic mass is 10.1. The molecular weight excluding hydrogens is 338 g/mol. The number of nitrogens with one attached hydrogen (secondary N) is 1. The van der Waals surface area contributed by atoms with E-state index in [9.17, 15) is 13.5 Å². The topological polar surface area (TPSA) is 92.2 Å². The van der Waals surface area contributed by atoms with Crippen LogP contribution >= 0.6 is 0 Å². The van der Waals surface area contributed by atoms with E-state index in [1.165, 1.54) is 12.4 Å². The van der Waals surface area contributed by atoms with Crippen LogP contribution in [0.5, 0.6) is 0 Å². The first kappa shape index (κ1) is 17.3. The molecule has 0 spiro atoms. The highest BCUT2D eigenvalue weighted by Gasteiger charge is 2.12. The van der Waals surface area contributed by atoms with Gasteiger partial charge in [0, 0.05) is 24.6 Å². The van der Waals surface area contributed by atoms with Crippen molar-refractivity contribution in [3.63, 3.8) is 0 Å². The van der Waals surface area contributed by atoms with E-state index >= 15 is 0 Å². The minimum Gasteiger partial charge on any atom is -0.391 e. The average Bonchev–Trinajstić information content (AvgIpc) is 2.59. The van der Waals surface area contributed by atoms with Crippen molar-refractivity contribution in [1.29, 1.82) is 0 Å². The SMILES string of the molecule is CS(=O)(=O)c1ccc2ncnc(NC[C@H](O)Cc3ccccc3)c2c1. The molecule has 0 aliphatic carbocycles. The fourth-order valence-electron chi connectivity index (χ4n) is 2.58. The minimum atomic E-state index is -3.32. The number of hydrogen-bond donors (Lipinski definition) is 2. The normalized spacial score (nSPS) is 12.9. The highest BCUT2D eigenvalue weighted by Crippen LogP contribution is 2.23. The van der Waals surface area contributed by atoms with E-state index in [1.807, 2.05) is 30.3 Å². The van der Waals surface area contributed by atoms with Crippen LogP contribution in [0.25, 0.3) is 10.9 Å². The molecule has 0 fully saturated rings. The van der Waals surface area contributed by atoms with E-state index in [2.05, 4.69) is 15.3 Å². The third-order valence-corrected chi connectivity index (χ3v) is 4.96. The number of aliphatic hydroxyl groups is 1. The second-order valence-electron chi connectivity index (χ2n) is 5.90. The van der Waals surface area contributed by atoms with E-state index in [4.69, 9.17) is 0 Å². The molecule has 1 atom stereocenters. The first-order chi connectivity index (χ1) is 11.9. The second kappa shape index (κ2) is 7.16. The van der Waals surface area contributed by atoms with Crippen LogP contribution < -0.4 is 5.32 Å². The summed E-state index contributed by atoms with van der Waals surface area (Å²) in [6.07, 6.45) is 2.50. The Morgan fingerprint density at radius 1 is 1.12 bits per heavy atom. The number of anilines is 1. The van der Waals surface area contributed by atoms with Crippen molar-refractivity contribution in [1.82, 2.24) is 9.97 Å². The van der Waals surface area contributed by atoms with Gasteiger partial charge in [-0.05, 0) is 23.8 Å². The summed E-state index contributed by atoms with van der Waals surface area (Å²) in [6.45, 7) is 0.296. The Bertz CT molecular complexity index is 975.